The highest BCUT2D eigenvalue weighted by Gasteiger charge is 2.21. The fourth-order valence-corrected chi connectivity index (χ4v) is 2.53. The van der Waals surface area contributed by atoms with Gasteiger partial charge in [0.1, 0.15) is 16.5 Å². The standard InChI is InChI=1S/C11H11FN4S/c12-8-2-1-7-3-4-16(10(7)5-8)6-9-11(13)17-15-14-9/h1-2,5H,3-4,6,13H2. The van der Waals surface area contributed by atoms with E-state index in [0.717, 1.165) is 24.3 Å². The van der Waals surface area contributed by atoms with E-state index in [-0.39, 0.29) is 5.82 Å². The minimum Gasteiger partial charge on any atom is -0.388 e. The van der Waals surface area contributed by atoms with Crippen LogP contribution in [-0.4, -0.2) is 16.1 Å². The van der Waals surface area contributed by atoms with Crippen molar-refractivity contribution in [2.75, 3.05) is 17.2 Å². The molecule has 0 aliphatic carbocycles. The highest BCUT2D eigenvalue weighted by molar-refractivity contribution is 7.09. The van der Waals surface area contributed by atoms with Gasteiger partial charge in [-0.25, -0.2) is 4.39 Å². The maximum absolute atomic E-state index is 13.2. The summed E-state index contributed by atoms with van der Waals surface area (Å²) in [7, 11) is 0. The minimum absolute atomic E-state index is 0.208. The molecule has 4 nitrogen and oxygen atoms in total. The average Bonchev–Trinajstić information content (AvgIpc) is 2.88. The van der Waals surface area contributed by atoms with E-state index in [2.05, 4.69) is 14.5 Å². The summed E-state index contributed by atoms with van der Waals surface area (Å²) < 4.78 is 17.0. The van der Waals surface area contributed by atoms with Crippen molar-refractivity contribution < 1.29 is 4.39 Å². The molecule has 0 spiro atoms. The number of benzene rings is 1. The zero-order chi connectivity index (χ0) is 11.8. The summed E-state index contributed by atoms with van der Waals surface area (Å²) in [5.41, 5.74) is 8.65. The normalized spacial score (nSPS) is 14.1. The van der Waals surface area contributed by atoms with Crippen molar-refractivity contribution in [3.8, 4) is 0 Å². The molecular weight excluding hydrogens is 239 g/mol. The minimum atomic E-state index is -0.208. The molecule has 1 aliphatic heterocycles. The van der Waals surface area contributed by atoms with Crippen molar-refractivity contribution in [3.05, 3.63) is 35.3 Å². The predicted molar refractivity (Wildman–Crippen MR) is 65.5 cm³/mol. The van der Waals surface area contributed by atoms with Gasteiger partial charge in [0.15, 0.2) is 0 Å². The molecule has 2 aromatic rings. The Hall–Kier alpha value is -1.69. The summed E-state index contributed by atoms with van der Waals surface area (Å²) in [6.45, 7) is 1.47. The molecule has 0 saturated carbocycles. The van der Waals surface area contributed by atoms with E-state index in [9.17, 15) is 4.39 Å². The van der Waals surface area contributed by atoms with Crippen LogP contribution in [0.25, 0.3) is 0 Å². The molecule has 0 atom stereocenters. The first-order chi connectivity index (χ1) is 8.24. The van der Waals surface area contributed by atoms with Crippen LogP contribution < -0.4 is 10.6 Å². The van der Waals surface area contributed by atoms with E-state index >= 15 is 0 Å². The molecule has 2 N–H and O–H groups in total. The lowest BCUT2D eigenvalue weighted by molar-refractivity contribution is 0.627. The van der Waals surface area contributed by atoms with Crippen LogP contribution in [0.2, 0.25) is 0 Å². The molecule has 88 valence electrons. The van der Waals surface area contributed by atoms with E-state index in [1.807, 2.05) is 6.07 Å². The number of nitrogens with zero attached hydrogens (tertiary/aromatic N) is 3. The molecule has 2 heterocycles. The van der Waals surface area contributed by atoms with E-state index in [1.54, 1.807) is 6.07 Å². The van der Waals surface area contributed by atoms with Gasteiger partial charge in [0, 0.05) is 23.8 Å². The third-order valence-corrected chi connectivity index (χ3v) is 3.56. The Morgan fingerprint density at radius 3 is 3.12 bits per heavy atom. The fourth-order valence-electron chi connectivity index (χ4n) is 2.09. The van der Waals surface area contributed by atoms with Gasteiger partial charge in [-0.1, -0.05) is 10.6 Å². The molecule has 3 rings (SSSR count). The Kier molecular flexibility index (Phi) is 2.44. The topological polar surface area (TPSA) is 55.0 Å². The Morgan fingerprint density at radius 1 is 1.47 bits per heavy atom. The number of rotatable bonds is 2. The number of nitrogens with two attached hydrogens (primary N) is 1. The number of hydrogen-bond acceptors (Lipinski definition) is 5. The molecule has 1 aromatic heterocycles. The van der Waals surface area contributed by atoms with Gasteiger partial charge in [0.05, 0.1) is 6.54 Å². The van der Waals surface area contributed by atoms with Crippen LogP contribution in [0.3, 0.4) is 0 Å². The lowest BCUT2D eigenvalue weighted by Gasteiger charge is -2.18. The summed E-state index contributed by atoms with van der Waals surface area (Å²) in [5, 5.41) is 4.62. The Bertz CT molecular complexity index is 554. The van der Waals surface area contributed by atoms with Gasteiger partial charge in [-0.15, -0.1) is 5.10 Å². The summed E-state index contributed by atoms with van der Waals surface area (Å²) in [6, 6.07) is 4.91. The molecule has 0 unspecified atom stereocenters. The second-order valence-electron chi connectivity index (χ2n) is 4.03. The number of nitrogen functional groups attached to an aromatic ring is 1. The van der Waals surface area contributed by atoms with Crippen molar-refractivity contribution in [3.63, 3.8) is 0 Å². The summed E-state index contributed by atoms with van der Waals surface area (Å²) in [6.07, 6.45) is 0.938. The lowest BCUT2D eigenvalue weighted by Crippen LogP contribution is -2.20. The van der Waals surface area contributed by atoms with Crippen molar-refractivity contribution in [2.45, 2.75) is 13.0 Å². The predicted octanol–water partition coefficient (Wildman–Crippen LogP) is 1.82. The third-order valence-electron chi connectivity index (χ3n) is 2.96. The summed E-state index contributed by atoms with van der Waals surface area (Å²) in [5.74, 6) is -0.208. The molecular formula is C11H11FN4S. The van der Waals surface area contributed by atoms with Crippen LogP contribution in [0, 0.1) is 5.82 Å². The third kappa shape index (κ3) is 1.84. The average molecular weight is 250 g/mol. The van der Waals surface area contributed by atoms with E-state index in [1.165, 1.54) is 23.2 Å². The Labute approximate surface area is 102 Å². The van der Waals surface area contributed by atoms with Crippen molar-refractivity contribution in [1.82, 2.24) is 9.59 Å². The first-order valence-electron chi connectivity index (χ1n) is 5.34. The molecule has 0 fully saturated rings. The van der Waals surface area contributed by atoms with Crippen molar-refractivity contribution >= 4 is 22.2 Å². The van der Waals surface area contributed by atoms with Crippen LogP contribution in [0.5, 0.6) is 0 Å². The quantitative estimate of drug-likeness (QED) is 0.883. The van der Waals surface area contributed by atoms with Crippen molar-refractivity contribution in [2.24, 2.45) is 0 Å². The number of hydrogen-bond donors (Lipinski definition) is 1. The van der Waals surface area contributed by atoms with E-state index < -0.39 is 0 Å². The Balaban J connectivity index is 1.89. The summed E-state index contributed by atoms with van der Waals surface area (Å²) >= 11 is 1.19. The molecule has 1 aromatic carbocycles. The van der Waals surface area contributed by atoms with Gasteiger partial charge >= 0.3 is 0 Å². The molecule has 1 aliphatic rings. The second-order valence-corrected chi connectivity index (χ2v) is 4.81. The first-order valence-corrected chi connectivity index (χ1v) is 6.11. The Morgan fingerprint density at radius 2 is 2.35 bits per heavy atom. The van der Waals surface area contributed by atoms with Gasteiger partial charge in [-0.05, 0) is 24.1 Å². The highest BCUT2D eigenvalue weighted by Crippen LogP contribution is 2.30. The van der Waals surface area contributed by atoms with Crippen LogP contribution in [0.1, 0.15) is 11.3 Å². The largest absolute Gasteiger partial charge is 0.388 e. The van der Waals surface area contributed by atoms with E-state index in [0.29, 0.717) is 11.5 Å². The first kappa shape index (κ1) is 10.5. The maximum Gasteiger partial charge on any atom is 0.132 e. The molecule has 17 heavy (non-hydrogen) atoms. The van der Waals surface area contributed by atoms with Gasteiger partial charge in [0.25, 0.3) is 0 Å². The lowest BCUT2D eigenvalue weighted by atomic mass is 10.2. The maximum atomic E-state index is 13.2. The van der Waals surface area contributed by atoms with Gasteiger partial charge < -0.3 is 10.6 Å². The highest BCUT2D eigenvalue weighted by atomic mass is 32.1. The zero-order valence-corrected chi connectivity index (χ0v) is 9.88. The number of fused-ring (bicyclic) bond motifs is 1. The number of anilines is 2. The molecule has 0 amide bonds. The SMILES string of the molecule is Nc1snnc1CN1CCc2ccc(F)cc21. The van der Waals surface area contributed by atoms with Gasteiger partial charge in [-0.2, -0.15) is 0 Å². The molecule has 0 bridgehead atoms. The van der Waals surface area contributed by atoms with Crippen LogP contribution >= 0.6 is 11.5 Å². The summed E-state index contributed by atoms with van der Waals surface area (Å²) in [4.78, 5) is 2.09. The van der Waals surface area contributed by atoms with Crippen LogP contribution in [0.4, 0.5) is 15.1 Å². The van der Waals surface area contributed by atoms with Gasteiger partial charge in [0.2, 0.25) is 0 Å². The molecule has 6 heteroatoms. The molecule has 0 saturated heterocycles. The second kappa shape index (κ2) is 3.96. The number of aromatic nitrogens is 2. The smallest absolute Gasteiger partial charge is 0.132 e. The van der Waals surface area contributed by atoms with Crippen LogP contribution in [0.15, 0.2) is 18.2 Å². The molecule has 0 radical (unpaired) electrons. The number of halogens is 1. The zero-order valence-electron chi connectivity index (χ0n) is 9.06. The van der Waals surface area contributed by atoms with Gasteiger partial charge in [-0.3, -0.25) is 0 Å². The van der Waals surface area contributed by atoms with Crippen molar-refractivity contribution in [1.29, 1.82) is 0 Å². The monoisotopic (exact) mass is 250 g/mol. The van der Waals surface area contributed by atoms with Crippen LogP contribution in [-0.2, 0) is 13.0 Å². The van der Waals surface area contributed by atoms with E-state index in [4.69, 9.17) is 5.73 Å². The fraction of sp³-hybridized carbons (Fsp3) is 0.273.